The molecule has 4 nitrogen and oxygen atoms in total. The molecule has 0 amide bonds. The first-order chi connectivity index (χ1) is 8.24. The minimum absolute atomic E-state index is 0.654. The molecule has 1 aliphatic rings. The van der Waals surface area contributed by atoms with Gasteiger partial charge < -0.3 is 9.84 Å². The predicted octanol–water partition coefficient (Wildman–Crippen LogP) is 2.34. The van der Waals surface area contributed by atoms with Crippen molar-refractivity contribution in [2.75, 3.05) is 13.1 Å². The van der Waals surface area contributed by atoms with E-state index in [0.29, 0.717) is 5.89 Å². The molecule has 1 heterocycles. The molecule has 1 aromatic rings. The molecule has 0 spiro atoms. The molecule has 1 N–H and O–H groups in total. The average Bonchev–Trinajstić information content (AvgIpc) is 2.73. The number of hydrogen-bond donors (Lipinski definition) is 1. The SMILES string of the molecule is Cc1nc(CCNCC2CCC(C)CC2)no1. The van der Waals surface area contributed by atoms with Crippen LogP contribution in [0.5, 0.6) is 0 Å². The van der Waals surface area contributed by atoms with Crippen LogP contribution in [0.1, 0.15) is 44.3 Å². The van der Waals surface area contributed by atoms with Gasteiger partial charge in [0.05, 0.1) is 0 Å². The summed E-state index contributed by atoms with van der Waals surface area (Å²) in [5.74, 6) is 3.28. The molecule has 0 atom stereocenters. The van der Waals surface area contributed by atoms with Crippen LogP contribution in [0.3, 0.4) is 0 Å². The third kappa shape index (κ3) is 4.11. The van der Waals surface area contributed by atoms with Crippen LogP contribution in [0.25, 0.3) is 0 Å². The quantitative estimate of drug-likeness (QED) is 0.799. The summed E-state index contributed by atoms with van der Waals surface area (Å²) < 4.78 is 4.93. The third-order valence-corrected chi connectivity index (χ3v) is 3.66. The van der Waals surface area contributed by atoms with Crippen LogP contribution >= 0.6 is 0 Å². The van der Waals surface area contributed by atoms with Gasteiger partial charge in [0.2, 0.25) is 5.89 Å². The smallest absolute Gasteiger partial charge is 0.223 e. The lowest BCUT2D eigenvalue weighted by molar-refractivity contribution is 0.282. The topological polar surface area (TPSA) is 51.0 Å². The second-order valence-electron chi connectivity index (χ2n) is 5.31. The van der Waals surface area contributed by atoms with E-state index in [4.69, 9.17) is 4.52 Å². The van der Waals surface area contributed by atoms with Crippen LogP contribution < -0.4 is 5.32 Å². The molecule has 1 fully saturated rings. The van der Waals surface area contributed by atoms with Gasteiger partial charge in [-0.15, -0.1) is 0 Å². The highest BCUT2D eigenvalue weighted by Gasteiger charge is 2.17. The molecule has 1 aromatic heterocycles. The highest BCUT2D eigenvalue weighted by Crippen LogP contribution is 2.27. The van der Waals surface area contributed by atoms with Crippen molar-refractivity contribution in [1.29, 1.82) is 0 Å². The summed E-state index contributed by atoms with van der Waals surface area (Å²) in [5.41, 5.74) is 0. The largest absolute Gasteiger partial charge is 0.340 e. The van der Waals surface area contributed by atoms with Crippen molar-refractivity contribution in [3.05, 3.63) is 11.7 Å². The molecule has 17 heavy (non-hydrogen) atoms. The van der Waals surface area contributed by atoms with E-state index in [1.165, 1.54) is 25.7 Å². The number of nitrogens with one attached hydrogen (secondary N) is 1. The van der Waals surface area contributed by atoms with Gasteiger partial charge in [-0.25, -0.2) is 0 Å². The Morgan fingerprint density at radius 1 is 1.29 bits per heavy atom. The molecule has 2 rings (SSSR count). The minimum atomic E-state index is 0.654. The lowest BCUT2D eigenvalue weighted by atomic mass is 9.83. The standard InChI is InChI=1S/C13H23N3O/c1-10-3-5-12(6-4-10)9-14-8-7-13-15-11(2)17-16-13/h10,12,14H,3-9H2,1-2H3. The summed E-state index contributed by atoms with van der Waals surface area (Å²) in [7, 11) is 0. The molecule has 0 saturated heterocycles. The maximum atomic E-state index is 4.93. The van der Waals surface area contributed by atoms with E-state index < -0.39 is 0 Å². The normalized spacial score (nSPS) is 25.1. The Bertz CT molecular complexity index is 329. The lowest BCUT2D eigenvalue weighted by Crippen LogP contribution is -2.27. The number of aryl methyl sites for hydroxylation is 1. The fourth-order valence-corrected chi connectivity index (χ4v) is 2.48. The lowest BCUT2D eigenvalue weighted by Gasteiger charge is -2.26. The van der Waals surface area contributed by atoms with Gasteiger partial charge in [-0.05, 0) is 31.2 Å². The summed E-state index contributed by atoms with van der Waals surface area (Å²) >= 11 is 0. The van der Waals surface area contributed by atoms with Gasteiger partial charge in [0.25, 0.3) is 0 Å². The summed E-state index contributed by atoms with van der Waals surface area (Å²) in [4.78, 5) is 4.19. The first-order valence-corrected chi connectivity index (χ1v) is 6.74. The van der Waals surface area contributed by atoms with Crippen LogP contribution in [-0.4, -0.2) is 23.2 Å². The summed E-state index contributed by atoms with van der Waals surface area (Å²) in [6.45, 7) is 6.28. The van der Waals surface area contributed by atoms with E-state index in [1.54, 1.807) is 0 Å². The van der Waals surface area contributed by atoms with E-state index in [2.05, 4.69) is 22.4 Å². The zero-order chi connectivity index (χ0) is 12.1. The molecule has 0 unspecified atom stereocenters. The van der Waals surface area contributed by atoms with E-state index in [9.17, 15) is 0 Å². The van der Waals surface area contributed by atoms with Gasteiger partial charge in [-0.1, -0.05) is 24.9 Å². The number of nitrogens with zero attached hydrogens (tertiary/aromatic N) is 2. The van der Waals surface area contributed by atoms with Crippen molar-refractivity contribution in [2.24, 2.45) is 11.8 Å². The summed E-state index contributed by atoms with van der Waals surface area (Å²) in [6, 6.07) is 0. The van der Waals surface area contributed by atoms with E-state index >= 15 is 0 Å². The van der Waals surface area contributed by atoms with Crippen molar-refractivity contribution < 1.29 is 4.52 Å². The van der Waals surface area contributed by atoms with Gasteiger partial charge in [-0.3, -0.25) is 0 Å². The van der Waals surface area contributed by atoms with Crippen LogP contribution in [0.2, 0.25) is 0 Å². The van der Waals surface area contributed by atoms with Gasteiger partial charge in [-0.2, -0.15) is 4.98 Å². The number of rotatable bonds is 5. The Morgan fingerprint density at radius 3 is 2.71 bits per heavy atom. The minimum Gasteiger partial charge on any atom is -0.340 e. The second-order valence-corrected chi connectivity index (χ2v) is 5.31. The molecule has 0 bridgehead atoms. The van der Waals surface area contributed by atoms with Crippen LogP contribution in [0, 0.1) is 18.8 Å². The van der Waals surface area contributed by atoms with E-state index in [0.717, 1.165) is 37.2 Å². The Morgan fingerprint density at radius 2 is 2.06 bits per heavy atom. The zero-order valence-electron chi connectivity index (χ0n) is 10.9. The fourth-order valence-electron chi connectivity index (χ4n) is 2.48. The van der Waals surface area contributed by atoms with Crippen molar-refractivity contribution >= 4 is 0 Å². The van der Waals surface area contributed by atoms with Crippen molar-refractivity contribution in [3.8, 4) is 0 Å². The number of aromatic nitrogens is 2. The first-order valence-electron chi connectivity index (χ1n) is 6.74. The Hall–Kier alpha value is -0.900. The van der Waals surface area contributed by atoms with Crippen molar-refractivity contribution in [1.82, 2.24) is 15.5 Å². The average molecular weight is 237 g/mol. The maximum absolute atomic E-state index is 4.93. The van der Waals surface area contributed by atoms with Crippen LogP contribution in [0.4, 0.5) is 0 Å². The van der Waals surface area contributed by atoms with Crippen molar-refractivity contribution in [3.63, 3.8) is 0 Å². The summed E-state index contributed by atoms with van der Waals surface area (Å²) in [5, 5.41) is 7.39. The van der Waals surface area contributed by atoms with Gasteiger partial charge in [0.15, 0.2) is 5.82 Å². The molecular weight excluding hydrogens is 214 g/mol. The molecule has 0 radical (unpaired) electrons. The molecule has 0 aromatic carbocycles. The first kappa shape index (κ1) is 12.6. The molecule has 4 heteroatoms. The van der Waals surface area contributed by atoms with Crippen LogP contribution in [0.15, 0.2) is 4.52 Å². The Kier molecular flexibility index (Phi) is 4.54. The maximum Gasteiger partial charge on any atom is 0.223 e. The highest BCUT2D eigenvalue weighted by atomic mass is 16.5. The molecule has 1 saturated carbocycles. The Labute approximate surface area is 103 Å². The van der Waals surface area contributed by atoms with E-state index in [1.807, 2.05) is 6.92 Å². The van der Waals surface area contributed by atoms with E-state index in [-0.39, 0.29) is 0 Å². The van der Waals surface area contributed by atoms with Gasteiger partial charge >= 0.3 is 0 Å². The second kappa shape index (κ2) is 6.15. The van der Waals surface area contributed by atoms with Crippen LogP contribution in [-0.2, 0) is 6.42 Å². The highest BCUT2D eigenvalue weighted by molar-refractivity contribution is 4.84. The Balaban J connectivity index is 1.57. The van der Waals surface area contributed by atoms with Gasteiger partial charge in [0, 0.05) is 19.9 Å². The molecule has 0 aliphatic heterocycles. The third-order valence-electron chi connectivity index (χ3n) is 3.66. The van der Waals surface area contributed by atoms with Crippen molar-refractivity contribution in [2.45, 2.75) is 46.0 Å². The monoisotopic (exact) mass is 237 g/mol. The summed E-state index contributed by atoms with van der Waals surface area (Å²) in [6.07, 6.45) is 6.43. The molecule has 96 valence electrons. The molecular formula is C13H23N3O. The van der Waals surface area contributed by atoms with Gasteiger partial charge in [0.1, 0.15) is 0 Å². The fraction of sp³-hybridized carbons (Fsp3) is 0.846. The number of hydrogen-bond acceptors (Lipinski definition) is 4. The zero-order valence-corrected chi connectivity index (χ0v) is 10.9. The predicted molar refractivity (Wildman–Crippen MR) is 66.7 cm³/mol. The molecule has 1 aliphatic carbocycles.